The molecule has 0 aliphatic carbocycles. The first-order valence-electron chi connectivity index (χ1n) is 7.54. The highest BCUT2D eigenvalue weighted by molar-refractivity contribution is 7.71. The lowest BCUT2D eigenvalue weighted by Gasteiger charge is -2.10. The Morgan fingerprint density at radius 1 is 1.41 bits per heavy atom. The lowest BCUT2D eigenvalue weighted by molar-refractivity contribution is 0.270. The molecule has 0 saturated heterocycles. The van der Waals surface area contributed by atoms with Crippen LogP contribution < -0.4 is 4.74 Å². The van der Waals surface area contributed by atoms with E-state index in [9.17, 15) is 0 Å². The maximum absolute atomic E-state index is 5.83. The first-order chi connectivity index (χ1) is 10.6. The molecule has 5 nitrogen and oxygen atoms in total. The highest BCUT2D eigenvalue weighted by Crippen LogP contribution is 2.17. The molecule has 0 aliphatic heterocycles. The summed E-state index contributed by atoms with van der Waals surface area (Å²) in [6, 6.07) is 7.85. The Labute approximate surface area is 136 Å². The predicted molar refractivity (Wildman–Crippen MR) is 91.2 cm³/mol. The van der Waals surface area contributed by atoms with Crippen molar-refractivity contribution in [3.8, 4) is 5.75 Å². The molecule has 1 aromatic heterocycles. The van der Waals surface area contributed by atoms with E-state index >= 15 is 0 Å². The van der Waals surface area contributed by atoms with E-state index in [0.717, 1.165) is 30.0 Å². The molecule has 0 unspecified atom stereocenters. The van der Waals surface area contributed by atoms with E-state index in [1.165, 1.54) is 0 Å². The number of ether oxygens (including phenoxy) is 1. The van der Waals surface area contributed by atoms with Crippen molar-refractivity contribution >= 4 is 18.4 Å². The number of nitrogens with zero attached hydrogens (tertiary/aromatic N) is 3. The van der Waals surface area contributed by atoms with Crippen molar-refractivity contribution in [2.75, 3.05) is 6.61 Å². The van der Waals surface area contributed by atoms with E-state index in [-0.39, 0.29) is 0 Å². The van der Waals surface area contributed by atoms with Crippen molar-refractivity contribution in [2.24, 2.45) is 11.0 Å². The van der Waals surface area contributed by atoms with Crippen molar-refractivity contribution < 1.29 is 4.74 Å². The monoisotopic (exact) mass is 318 g/mol. The second-order valence-corrected chi connectivity index (χ2v) is 5.88. The smallest absolute Gasteiger partial charge is 0.216 e. The van der Waals surface area contributed by atoms with Gasteiger partial charge in [0.2, 0.25) is 4.77 Å². The zero-order chi connectivity index (χ0) is 15.9. The van der Waals surface area contributed by atoms with Crippen LogP contribution in [0, 0.1) is 10.7 Å². The van der Waals surface area contributed by atoms with Crippen LogP contribution >= 0.6 is 12.2 Å². The molecule has 2 aromatic rings. The Kier molecular flexibility index (Phi) is 5.89. The van der Waals surface area contributed by atoms with Gasteiger partial charge in [0.15, 0.2) is 5.82 Å². The minimum absolute atomic E-state index is 0.476. The molecule has 22 heavy (non-hydrogen) atoms. The molecule has 2 rings (SSSR count). The molecule has 0 atom stereocenters. The van der Waals surface area contributed by atoms with Crippen LogP contribution in [0.25, 0.3) is 0 Å². The van der Waals surface area contributed by atoms with Gasteiger partial charge in [0.1, 0.15) is 5.75 Å². The number of nitrogens with one attached hydrogen (secondary N) is 1. The van der Waals surface area contributed by atoms with E-state index in [0.29, 0.717) is 17.3 Å². The zero-order valence-corrected chi connectivity index (χ0v) is 14.1. The van der Waals surface area contributed by atoms with Gasteiger partial charge in [0.05, 0.1) is 12.8 Å². The Bertz CT molecular complexity index is 687. The normalized spacial score (nSPS) is 11.5. The van der Waals surface area contributed by atoms with Crippen LogP contribution in [0.1, 0.15) is 38.6 Å². The highest BCUT2D eigenvalue weighted by Gasteiger charge is 2.05. The first-order valence-corrected chi connectivity index (χ1v) is 7.95. The van der Waals surface area contributed by atoms with Crippen LogP contribution in [-0.2, 0) is 6.42 Å². The van der Waals surface area contributed by atoms with Gasteiger partial charge in [-0.25, -0.2) is 0 Å². The van der Waals surface area contributed by atoms with E-state index in [1.54, 1.807) is 10.9 Å². The summed E-state index contributed by atoms with van der Waals surface area (Å²) in [5, 5.41) is 11.4. The third-order valence-electron chi connectivity index (χ3n) is 2.99. The average molecular weight is 318 g/mol. The third kappa shape index (κ3) is 4.27. The summed E-state index contributed by atoms with van der Waals surface area (Å²) in [6.45, 7) is 7.02. The van der Waals surface area contributed by atoms with Crippen molar-refractivity contribution in [1.82, 2.24) is 14.9 Å². The van der Waals surface area contributed by atoms with Crippen molar-refractivity contribution in [3.05, 3.63) is 40.4 Å². The minimum Gasteiger partial charge on any atom is -0.493 e. The molecule has 1 aromatic carbocycles. The first kappa shape index (κ1) is 16.4. The summed E-state index contributed by atoms with van der Waals surface area (Å²) in [6.07, 6.45) is 3.58. The SMILES string of the molecule is CCCc1n[nH]c(=S)n1/N=C\c1ccccc1OCC(C)C. The zero-order valence-electron chi connectivity index (χ0n) is 13.2. The van der Waals surface area contributed by atoms with Crippen molar-refractivity contribution in [1.29, 1.82) is 0 Å². The fourth-order valence-corrected chi connectivity index (χ4v) is 2.12. The largest absolute Gasteiger partial charge is 0.493 e. The second kappa shape index (κ2) is 7.89. The van der Waals surface area contributed by atoms with Crippen molar-refractivity contribution in [2.45, 2.75) is 33.6 Å². The molecular formula is C16H22N4OS. The summed E-state index contributed by atoms with van der Waals surface area (Å²) in [4.78, 5) is 0. The summed E-state index contributed by atoms with van der Waals surface area (Å²) in [5.74, 6) is 2.14. The lowest BCUT2D eigenvalue weighted by atomic mass is 10.2. The highest BCUT2D eigenvalue weighted by atomic mass is 32.1. The molecule has 0 spiro atoms. The molecule has 0 bridgehead atoms. The molecule has 0 amide bonds. The standard InChI is InChI=1S/C16H22N4OS/c1-4-7-15-18-19-16(22)20(15)17-10-13-8-5-6-9-14(13)21-11-12(2)3/h5-6,8-10,12H,4,7,11H2,1-3H3,(H,19,22)/b17-10-. The topological polar surface area (TPSA) is 55.2 Å². The number of aryl methyl sites for hydroxylation is 1. The molecule has 0 saturated carbocycles. The maximum atomic E-state index is 5.83. The van der Waals surface area contributed by atoms with Crippen LogP contribution in [0.5, 0.6) is 5.75 Å². The third-order valence-corrected chi connectivity index (χ3v) is 3.26. The fourth-order valence-electron chi connectivity index (χ4n) is 1.92. The van der Waals surface area contributed by atoms with E-state index in [1.807, 2.05) is 24.3 Å². The summed E-state index contributed by atoms with van der Waals surface area (Å²) < 4.78 is 7.99. The quantitative estimate of drug-likeness (QED) is 0.624. The number of hydrogen-bond donors (Lipinski definition) is 1. The van der Waals surface area contributed by atoms with Gasteiger partial charge < -0.3 is 4.74 Å². The van der Waals surface area contributed by atoms with Gasteiger partial charge in [-0.3, -0.25) is 5.10 Å². The lowest BCUT2D eigenvalue weighted by Crippen LogP contribution is -2.06. The number of H-pyrrole nitrogens is 1. The van der Waals surface area contributed by atoms with Gasteiger partial charge in [0, 0.05) is 12.0 Å². The number of para-hydroxylation sites is 1. The van der Waals surface area contributed by atoms with E-state index in [2.05, 4.69) is 36.1 Å². The second-order valence-electron chi connectivity index (χ2n) is 5.49. The molecule has 6 heteroatoms. The summed E-state index contributed by atoms with van der Waals surface area (Å²) in [5.41, 5.74) is 0.925. The predicted octanol–water partition coefficient (Wildman–Crippen LogP) is 3.81. The van der Waals surface area contributed by atoms with Crippen LogP contribution in [0.3, 0.4) is 0 Å². The van der Waals surface area contributed by atoms with Crippen LogP contribution in [0.15, 0.2) is 29.4 Å². The fraction of sp³-hybridized carbons (Fsp3) is 0.438. The summed E-state index contributed by atoms with van der Waals surface area (Å²) >= 11 is 5.22. The number of hydrogen-bond acceptors (Lipinski definition) is 4. The number of aromatic amines is 1. The van der Waals surface area contributed by atoms with Gasteiger partial charge in [0.25, 0.3) is 0 Å². The average Bonchev–Trinajstić information content (AvgIpc) is 2.84. The molecule has 1 N–H and O–H groups in total. The number of benzene rings is 1. The van der Waals surface area contributed by atoms with E-state index in [4.69, 9.17) is 17.0 Å². The Hall–Kier alpha value is -1.95. The molecule has 118 valence electrons. The summed E-state index contributed by atoms with van der Waals surface area (Å²) in [7, 11) is 0. The van der Waals surface area contributed by atoms with E-state index < -0.39 is 0 Å². The Morgan fingerprint density at radius 3 is 2.91 bits per heavy atom. The Balaban J connectivity index is 2.23. The number of aromatic nitrogens is 3. The molecule has 0 aliphatic rings. The van der Waals surface area contributed by atoms with Crippen molar-refractivity contribution in [3.63, 3.8) is 0 Å². The maximum Gasteiger partial charge on any atom is 0.216 e. The van der Waals surface area contributed by atoms with Gasteiger partial charge in [-0.15, -0.1) is 0 Å². The van der Waals surface area contributed by atoms with Gasteiger partial charge in [-0.05, 0) is 36.7 Å². The Morgan fingerprint density at radius 2 is 2.18 bits per heavy atom. The molecule has 0 fully saturated rings. The van der Waals surface area contributed by atoms with Crippen LogP contribution in [0.2, 0.25) is 0 Å². The molecule has 0 radical (unpaired) electrons. The van der Waals surface area contributed by atoms with Crippen LogP contribution in [0.4, 0.5) is 0 Å². The van der Waals surface area contributed by atoms with Crippen LogP contribution in [-0.4, -0.2) is 27.7 Å². The van der Waals surface area contributed by atoms with Gasteiger partial charge in [-0.2, -0.15) is 14.9 Å². The minimum atomic E-state index is 0.476. The molecular weight excluding hydrogens is 296 g/mol. The molecule has 1 heterocycles. The van der Waals surface area contributed by atoms with Gasteiger partial charge >= 0.3 is 0 Å². The number of rotatable bonds is 7. The van der Waals surface area contributed by atoms with Gasteiger partial charge in [-0.1, -0.05) is 32.9 Å².